The van der Waals surface area contributed by atoms with Crippen LogP contribution in [0, 0.1) is 11.6 Å². The molecule has 0 aliphatic heterocycles. The van der Waals surface area contributed by atoms with Crippen molar-refractivity contribution in [3.05, 3.63) is 58.3 Å². The molecule has 0 aliphatic rings. The second kappa shape index (κ2) is 8.07. The number of benzene rings is 2. The molecule has 0 amide bonds. The Balaban J connectivity index is 1.97. The molecule has 1 aromatic heterocycles. The van der Waals surface area contributed by atoms with E-state index < -0.39 is 49.8 Å². The summed E-state index contributed by atoms with van der Waals surface area (Å²) in [4.78, 5) is 2.68. The van der Waals surface area contributed by atoms with E-state index in [0.29, 0.717) is 22.5 Å². The van der Waals surface area contributed by atoms with Crippen molar-refractivity contribution in [3.8, 4) is 11.5 Å². The number of hydrogen-bond acceptors (Lipinski definition) is 6. The van der Waals surface area contributed by atoms with Crippen LogP contribution >= 0.6 is 27.5 Å². The van der Waals surface area contributed by atoms with Crippen molar-refractivity contribution in [1.82, 2.24) is 9.36 Å². The molecule has 0 spiro atoms. The second-order valence-electron chi connectivity index (χ2n) is 5.68. The van der Waals surface area contributed by atoms with Gasteiger partial charge in [0, 0.05) is 35.2 Å². The minimum Gasteiger partial charge on any atom is -0.454 e. The molecule has 14 heteroatoms. The fourth-order valence-electron chi connectivity index (χ4n) is 2.25. The number of sulfonamides is 1. The Hall–Kier alpha value is -2.32. The molecule has 0 unspecified atom stereocenters. The average Bonchev–Trinajstić information content (AvgIpc) is 3.17. The topological polar surface area (TPSA) is 72.4 Å². The smallest absolute Gasteiger partial charge is 0.416 e. The number of aromatic nitrogens is 2. The molecular weight excluding hydrogens is 521 g/mol. The van der Waals surface area contributed by atoms with Crippen LogP contribution in [0.25, 0.3) is 0 Å². The van der Waals surface area contributed by atoms with E-state index in [2.05, 4.69) is 25.3 Å². The van der Waals surface area contributed by atoms with E-state index in [-0.39, 0.29) is 9.60 Å². The van der Waals surface area contributed by atoms with Crippen LogP contribution in [0.3, 0.4) is 0 Å². The number of anilines is 1. The van der Waals surface area contributed by atoms with Gasteiger partial charge in [0.15, 0.2) is 11.6 Å². The van der Waals surface area contributed by atoms with Crippen LogP contribution in [0.1, 0.15) is 5.56 Å². The Morgan fingerprint density at radius 2 is 1.80 bits per heavy atom. The molecule has 0 atom stereocenters. The third kappa shape index (κ3) is 4.54. The van der Waals surface area contributed by atoms with Crippen molar-refractivity contribution in [2.24, 2.45) is 0 Å². The van der Waals surface area contributed by atoms with E-state index in [0.717, 1.165) is 37.0 Å². The predicted octanol–water partition coefficient (Wildman–Crippen LogP) is 5.22. The Bertz CT molecular complexity index is 1190. The van der Waals surface area contributed by atoms with Crippen LogP contribution in [0.4, 0.5) is 27.1 Å². The SMILES string of the molecule is CN(c1ncns1)S(=O)(=O)c1cc(F)c(Oc2cc(Br)cc(C(F)(F)F)c2)cc1F. The molecule has 160 valence electrons. The third-order valence-corrected chi connectivity index (χ3v) is 6.75. The zero-order valence-electron chi connectivity index (χ0n) is 14.6. The lowest BCUT2D eigenvalue weighted by atomic mass is 10.2. The van der Waals surface area contributed by atoms with Gasteiger partial charge >= 0.3 is 6.18 Å². The number of halogens is 6. The lowest BCUT2D eigenvalue weighted by molar-refractivity contribution is -0.137. The van der Waals surface area contributed by atoms with Crippen LogP contribution in [0.15, 0.2) is 46.0 Å². The molecule has 0 saturated heterocycles. The maximum Gasteiger partial charge on any atom is 0.416 e. The molecule has 3 rings (SSSR count). The van der Waals surface area contributed by atoms with E-state index in [1.165, 1.54) is 0 Å². The summed E-state index contributed by atoms with van der Waals surface area (Å²) in [5.41, 5.74) is -1.08. The first-order valence-corrected chi connectivity index (χ1v) is 10.7. The highest BCUT2D eigenvalue weighted by Gasteiger charge is 2.32. The van der Waals surface area contributed by atoms with Crippen molar-refractivity contribution in [2.45, 2.75) is 11.1 Å². The standard InChI is InChI=1S/C16H9BrF5N3O3S2/c1-25(15-23-7-24-29-15)30(26,27)14-6-11(18)13(5-12(14)19)28-10-3-8(16(20,21)22)2-9(17)4-10/h2-7H,1H3. The average molecular weight is 530 g/mol. The van der Waals surface area contributed by atoms with Gasteiger partial charge in [-0.05, 0) is 18.2 Å². The molecule has 3 aromatic rings. The molecule has 0 aliphatic carbocycles. The maximum absolute atomic E-state index is 14.5. The Morgan fingerprint density at radius 3 is 2.40 bits per heavy atom. The van der Waals surface area contributed by atoms with Crippen molar-refractivity contribution < 1.29 is 35.1 Å². The van der Waals surface area contributed by atoms with E-state index in [4.69, 9.17) is 4.74 Å². The molecule has 6 nitrogen and oxygen atoms in total. The van der Waals surface area contributed by atoms with E-state index in [9.17, 15) is 30.4 Å². The molecule has 0 saturated carbocycles. The number of alkyl halides is 3. The highest BCUT2D eigenvalue weighted by Crippen LogP contribution is 2.37. The first kappa shape index (κ1) is 22.4. The van der Waals surface area contributed by atoms with Gasteiger partial charge < -0.3 is 4.74 Å². The summed E-state index contributed by atoms with van der Waals surface area (Å²) < 4.78 is 102. The quantitative estimate of drug-likeness (QED) is 0.424. The lowest BCUT2D eigenvalue weighted by Gasteiger charge is -2.17. The van der Waals surface area contributed by atoms with Gasteiger partial charge in [-0.2, -0.15) is 17.5 Å². The molecular formula is C16H9BrF5N3O3S2. The van der Waals surface area contributed by atoms with Gasteiger partial charge in [-0.3, -0.25) is 0 Å². The fourth-order valence-corrected chi connectivity index (χ4v) is 4.62. The van der Waals surface area contributed by atoms with Gasteiger partial charge in [-0.25, -0.2) is 26.5 Å². The normalized spacial score (nSPS) is 12.1. The summed E-state index contributed by atoms with van der Waals surface area (Å²) in [5.74, 6) is -3.89. The molecule has 0 N–H and O–H groups in total. The van der Waals surface area contributed by atoms with Gasteiger partial charge in [-0.15, -0.1) is 0 Å². The summed E-state index contributed by atoms with van der Waals surface area (Å²) in [6.45, 7) is 0. The predicted molar refractivity (Wildman–Crippen MR) is 101 cm³/mol. The molecule has 0 bridgehead atoms. The fraction of sp³-hybridized carbons (Fsp3) is 0.125. The summed E-state index contributed by atoms with van der Waals surface area (Å²) in [6.07, 6.45) is -3.61. The highest BCUT2D eigenvalue weighted by molar-refractivity contribution is 9.10. The van der Waals surface area contributed by atoms with Crippen molar-refractivity contribution in [3.63, 3.8) is 0 Å². The van der Waals surface area contributed by atoms with Crippen LogP contribution in [-0.4, -0.2) is 24.8 Å². The first-order valence-electron chi connectivity index (χ1n) is 7.70. The Morgan fingerprint density at radius 1 is 1.10 bits per heavy atom. The van der Waals surface area contributed by atoms with Crippen molar-refractivity contribution >= 4 is 42.6 Å². The Kier molecular flexibility index (Phi) is 6.02. The van der Waals surface area contributed by atoms with Crippen LogP contribution in [-0.2, 0) is 16.2 Å². The van der Waals surface area contributed by atoms with Gasteiger partial charge in [-0.1, -0.05) is 15.9 Å². The number of nitrogens with zero attached hydrogens (tertiary/aromatic N) is 3. The zero-order chi connectivity index (χ0) is 22.3. The molecule has 30 heavy (non-hydrogen) atoms. The zero-order valence-corrected chi connectivity index (χ0v) is 17.8. The van der Waals surface area contributed by atoms with E-state index in [1.54, 1.807) is 0 Å². The summed E-state index contributed by atoms with van der Waals surface area (Å²) in [6, 6.07) is 3.30. The monoisotopic (exact) mass is 529 g/mol. The van der Waals surface area contributed by atoms with Crippen LogP contribution in [0.5, 0.6) is 11.5 Å². The van der Waals surface area contributed by atoms with Crippen molar-refractivity contribution in [2.75, 3.05) is 11.4 Å². The van der Waals surface area contributed by atoms with Crippen LogP contribution < -0.4 is 9.04 Å². The number of hydrogen-bond donors (Lipinski definition) is 0. The minimum absolute atomic E-state index is 0.00825. The molecule has 1 heterocycles. The first-order chi connectivity index (χ1) is 13.9. The van der Waals surface area contributed by atoms with Gasteiger partial charge in [0.2, 0.25) is 5.13 Å². The van der Waals surface area contributed by atoms with Crippen molar-refractivity contribution in [1.29, 1.82) is 0 Å². The molecule has 2 aromatic carbocycles. The summed E-state index contributed by atoms with van der Waals surface area (Å²) >= 11 is 3.60. The van der Waals surface area contributed by atoms with Gasteiger partial charge in [0.05, 0.1) is 5.56 Å². The number of ether oxygens (including phenoxy) is 1. The van der Waals surface area contributed by atoms with E-state index >= 15 is 0 Å². The number of rotatable bonds is 5. The van der Waals surface area contributed by atoms with Crippen LogP contribution in [0.2, 0.25) is 0 Å². The molecule has 0 radical (unpaired) electrons. The Labute approximate surface area is 179 Å². The largest absolute Gasteiger partial charge is 0.454 e. The maximum atomic E-state index is 14.5. The second-order valence-corrected chi connectivity index (χ2v) is 9.30. The summed E-state index contributed by atoms with van der Waals surface area (Å²) in [5, 5.41) is -0.0797. The third-order valence-electron chi connectivity index (χ3n) is 3.67. The van der Waals surface area contributed by atoms with E-state index in [1.807, 2.05) is 0 Å². The summed E-state index contributed by atoms with van der Waals surface area (Å²) in [7, 11) is -3.44. The highest BCUT2D eigenvalue weighted by atomic mass is 79.9. The lowest BCUT2D eigenvalue weighted by Crippen LogP contribution is -2.27. The van der Waals surface area contributed by atoms with Gasteiger partial charge in [0.25, 0.3) is 10.0 Å². The van der Waals surface area contributed by atoms with Gasteiger partial charge in [0.1, 0.15) is 22.8 Å². The molecule has 0 fully saturated rings. The minimum atomic E-state index is -4.70.